The van der Waals surface area contributed by atoms with E-state index in [-0.39, 0.29) is 5.41 Å². The standard InChI is InChI=1S/C55H39GeN3/c1-55(2)45-30-15-12-28-43(45)49-46(55)34-33-42-41-27-14-17-32-48(41)59(52(42)49)40-26-18-21-37(35-40)54-57-51(36-19-6-3-7-20-36)50-44-29-13-16-31-47(44)56(53(50)58-54,38-22-8-4-9-23-38)39-24-10-5-11-25-39/h3-35H,1-2H3. The van der Waals surface area contributed by atoms with Crippen molar-refractivity contribution in [2.75, 3.05) is 0 Å². The molecular formula is C55H39GeN3. The molecule has 278 valence electrons. The van der Waals surface area contributed by atoms with E-state index in [1.165, 1.54) is 72.9 Å². The molecule has 0 radical (unpaired) electrons. The van der Waals surface area contributed by atoms with Crippen LogP contribution in [0.15, 0.2) is 200 Å². The predicted molar refractivity (Wildman–Crippen MR) is 247 cm³/mol. The molecule has 8 aromatic carbocycles. The number of aromatic nitrogens is 3. The van der Waals surface area contributed by atoms with E-state index in [9.17, 15) is 0 Å². The van der Waals surface area contributed by atoms with Crippen molar-refractivity contribution in [1.82, 2.24) is 14.5 Å². The predicted octanol–water partition coefficient (Wildman–Crippen LogP) is 10.6. The summed E-state index contributed by atoms with van der Waals surface area (Å²) in [7, 11) is 0. The van der Waals surface area contributed by atoms with Crippen LogP contribution in [-0.2, 0) is 5.41 Å². The molecule has 3 nitrogen and oxygen atoms in total. The van der Waals surface area contributed by atoms with Gasteiger partial charge in [-0.05, 0) is 0 Å². The van der Waals surface area contributed by atoms with E-state index in [0.717, 1.165) is 28.3 Å². The number of hydrogen-bond donors (Lipinski definition) is 0. The van der Waals surface area contributed by atoms with Gasteiger partial charge >= 0.3 is 342 Å². The van der Waals surface area contributed by atoms with Crippen LogP contribution < -0.4 is 17.7 Å². The monoisotopic (exact) mass is 815 g/mol. The number of nitrogens with zero attached hydrogens (tertiary/aromatic N) is 3. The Bertz CT molecular complexity index is 3250. The second-order valence-electron chi connectivity index (χ2n) is 16.5. The van der Waals surface area contributed by atoms with Crippen LogP contribution in [0.5, 0.6) is 0 Å². The van der Waals surface area contributed by atoms with Gasteiger partial charge in [-0.15, -0.1) is 0 Å². The van der Waals surface area contributed by atoms with E-state index in [4.69, 9.17) is 9.97 Å². The Hall–Kier alpha value is -6.82. The average Bonchev–Trinajstić information content (AvgIpc) is 3.88. The Morgan fingerprint density at radius 2 is 1.10 bits per heavy atom. The summed E-state index contributed by atoms with van der Waals surface area (Å²) in [6.45, 7) is 4.72. The van der Waals surface area contributed by atoms with E-state index in [2.05, 4.69) is 219 Å². The van der Waals surface area contributed by atoms with Crippen LogP contribution in [0.1, 0.15) is 25.0 Å². The van der Waals surface area contributed by atoms with Crippen LogP contribution in [-0.4, -0.2) is 27.8 Å². The SMILES string of the molecule is CC1(C)c2ccccc2-c2c1ccc1c3ccccc3n(-c3cccc(-c4nc(-c5ccccc5)c5[c](n4)[Ge]([c]4ccccc4)([c]4ccccc4)[c]4ccccc4-5)c3)c21. The summed E-state index contributed by atoms with van der Waals surface area (Å²) in [5.74, 6) is 0.747. The first-order valence-electron chi connectivity index (χ1n) is 20.5. The Kier molecular flexibility index (Phi) is 7.45. The topological polar surface area (TPSA) is 30.7 Å². The van der Waals surface area contributed by atoms with Gasteiger partial charge in [-0.3, -0.25) is 0 Å². The molecule has 12 rings (SSSR count). The molecule has 10 aromatic rings. The van der Waals surface area contributed by atoms with Crippen LogP contribution in [0.25, 0.3) is 72.4 Å². The first kappa shape index (κ1) is 34.2. The first-order chi connectivity index (χ1) is 29.0. The van der Waals surface area contributed by atoms with E-state index in [0.29, 0.717) is 0 Å². The van der Waals surface area contributed by atoms with Crippen molar-refractivity contribution < 1.29 is 0 Å². The van der Waals surface area contributed by atoms with E-state index >= 15 is 0 Å². The van der Waals surface area contributed by atoms with Crippen LogP contribution >= 0.6 is 0 Å². The Morgan fingerprint density at radius 1 is 0.475 bits per heavy atom. The maximum absolute atomic E-state index is 5.85. The van der Waals surface area contributed by atoms with Gasteiger partial charge in [-0.25, -0.2) is 0 Å². The van der Waals surface area contributed by atoms with Crippen LogP contribution in [0.3, 0.4) is 0 Å². The van der Waals surface area contributed by atoms with Crippen molar-refractivity contribution in [2.45, 2.75) is 19.3 Å². The Morgan fingerprint density at radius 3 is 1.86 bits per heavy atom. The van der Waals surface area contributed by atoms with Gasteiger partial charge in [0.15, 0.2) is 0 Å². The fourth-order valence-electron chi connectivity index (χ4n) is 10.5. The fourth-order valence-corrected chi connectivity index (χ4v) is 21.0. The molecule has 0 N–H and O–H groups in total. The van der Waals surface area contributed by atoms with Gasteiger partial charge in [0, 0.05) is 0 Å². The average molecular weight is 815 g/mol. The molecule has 0 unspecified atom stereocenters. The van der Waals surface area contributed by atoms with E-state index < -0.39 is 13.3 Å². The quantitative estimate of drug-likeness (QED) is 0.162. The fraction of sp³-hybridized carbons (Fsp3) is 0.0545. The van der Waals surface area contributed by atoms with Crippen molar-refractivity contribution in [3.05, 3.63) is 211 Å². The van der Waals surface area contributed by atoms with Crippen molar-refractivity contribution in [3.8, 4) is 50.6 Å². The molecular weight excluding hydrogens is 775 g/mol. The Balaban J connectivity index is 1.16. The van der Waals surface area contributed by atoms with Gasteiger partial charge < -0.3 is 0 Å². The molecule has 59 heavy (non-hydrogen) atoms. The van der Waals surface area contributed by atoms with E-state index in [1.54, 1.807) is 0 Å². The number of hydrogen-bond acceptors (Lipinski definition) is 2. The molecule has 2 aromatic heterocycles. The summed E-state index contributed by atoms with van der Waals surface area (Å²) in [5, 5.41) is 2.51. The summed E-state index contributed by atoms with van der Waals surface area (Å²) >= 11 is -3.69. The molecule has 0 saturated heterocycles. The third-order valence-corrected chi connectivity index (χ3v) is 23.0. The maximum atomic E-state index is 5.85. The number of fused-ring (bicyclic) bond motifs is 10. The zero-order chi connectivity index (χ0) is 39.3. The van der Waals surface area contributed by atoms with Gasteiger partial charge in [0.2, 0.25) is 0 Å². The molecule has 0 amide bonds. The molecule has 0 bridgehead atoms. The van der Waals surface area contributed by atoms with Crippen molar-refractivity contribution >= 4 is 52.8 Å². The van der Waals surface area contributed by atoms with Gasteiger partial charge in [-0.1, -0.05) is 6.07 Å². The van der Waals surface area contributed by atoms with Crippen molar-refractivity contribution in [2.24, 2.45) is 0 Å². The minimum atomic E-state index is -3.69. The summed E-state index contributed by atoms with van der Waals surface area (Å²) in [4.78, 5) is 11.4. The first-order valence-corrected chi connectivity index (χ1v) is 24.7. The summed E-state index contributed by atoms with van der Waals surface area (Å²) in [6, 6.07) is 73.6. The number of rotatable bonds is 5. The molecule has 0 atom stereocenters. The van der Waals surface area contributed by atoms with Gasteiger partial charge in [0.05, 0.1) is 0 Å². The molecule has 2 aliphatic rings. The normalized spacial score (nSPS) is 14.2. The summed E-state index contributed by atoms with van der Waals surface area (Å²) in [6.07, 6.45) is 0. The zero-order valence-electron chi connectivity index (χ0n) is 32.9. The molecule has 0 fully saturated rings. The molecule has 0 spiro atoms. The van der Waals surface area contributed by atoms with Crippen LogP contribution in [0.2, 0.25) is 0 Å². The molecule has 4 heteroatoms. The van der Waals surface area contributed by atoms with Gasteiger partial charge in [0.1, 0.15) is 0 Å². The molecule has 0 saturated carbocycles. The second kappa shape index (κ2) is 12.8. The molecule has 1 aliphatic carbocycles. The minimum absolute atomic E-state index is 0.109. The number of para-hydroxylation sites is 1. The Labute approximate surface area is 346 Å². The zero-order valence-corrected chi connectivity index (χ0v) is 35.0. The summed E-state index contributed by atoms with van der Waals surface area (Å²) in [5.41, 5.74) is 14.3. The second-order valence-corrected chi connectivity index (χ2v) is 24.2. The van der Waals surface area contributed by atoms with E-state index in [1.807, 2.05) is 0 Å². The van der Waals surface area contributed by atoms with Gasteiger partial charge in [-0.2, -0.15) is 0 Å². The van der Waals surface area contributed by atoms with Crippen LogP contribution in [0, 0.1) is 0 Å². The number of benzene rings is 8. The molecule has 1 aliphatic heterocycles. The van der Waals surface area contributed by atoms with Crippen molar-refractivity contribution in [1.29, 1.82) is 0 Å². The van der Waals surface area contributed by atoms with Crippen LogP contribution in [0.4, 0.5) is 0 Å². The third-order valence-electron chi connectivity index (χ3n) is 13.1. The van der Waals surface area contributed by atoms with Crippen molar-refractivity contribution in [3.63, 3.8) is 0 Å². The third kappa shape index (κ3) is 4.77. The van der Waals surface area contributed by atoms with Gasteiger partial charge in [0.25, 0.3) is 0 Å². The summed E-state index contributed by atoms with van der Waals surface area (Å²) < 4.78 is 7.81. The molecule has 3 heterocycles.